The standard InChI is InChI=1S/C18H28N2O/c1-20(14-17-6-4-12-21-17)11-10-19-13-16-9-8-15-5-2-3-7-18(15)16/h2-3,5,7,16-17,19H,4,6,8-14H2,1H3. The number of aryl methyl sites for hydroxylation is 1. The number of hydrogen-bond acceptors (Lipinski definition) is 3. The van der Waals surface area contributed by atoms with Crippen LogP contribution >= 0.6 is 0 Å². The van der Waals surface area contributed by atoms with Crippen molar-refractivity contribution in [2.75, 3.05) is 39.8 Å². The van der Waals surface area contributed by atoms with Crippen molar-refractivity contribution in [1.82, 2.24) is 10.2 Å². The highest BCUT2D eigenvalue weighted by atomic mass is 16.5. The van der Waals surface area contributed by atoms with Crippen molar-refractivity contribution in [3.8, 4) is 0 Å². The van der Waals surface area contributed by atoms with E-state index < -0.39 is 0 Å². The third kappa shape index (κ3) is 4.06. The van der Waals surface area contributed by atoms with Gasteiger partial charge < -0.3 is 15.0 Å². The van der Waals surface area contributed by atoms with Crippen LogP contribution in [-0.4, -0.2) is 50.8 Å². The van der Waals surface area contributed by atoms with Gasteiger partial charge in [-0.2, -0.15) is 0 Å². The van der Waals surface area contributed by atoms with Gasteiger partial charge in [-0.1, -0.05) is 24.3 Å². The highest BCUT2D eigenvalue weighted by Gasteiger charge is 2.21. The van der Waals surface area contributed by atoms with Crippen LogP contribution in [0.2, 0.25) is 0 Å². The Labute approximate surface area is 128 Å². The van der Waals surface area contributed by atoms with Gasteiger partial charge in [-0.05, 0) is 49.8 Å². The fourth-order valence-electron chi connectivity index (χ4n) is 3.63. The summed E-state index contributed by atoms with van der Waals surface area (Å²) in [6, 6.07) is 8.92. The Morgan fingerprint density at radius 1 is 1.29 bits per heavy atom. The first-order valence-corrected chi connectivity index (χ1v) is 8.41. The van der Waals surface area contributed by atoms with E-state index in [1.165, 1.54) is 25.7 Å². The molecule has 0 spiro atoms. The fraction of sp³-hybridized carbons (Fsp3) is 0.667. The molecule has 1 saturated heterocycles. The molecule has 0 amide bonds. The Morgan fingerprint density at radius 2 is 2.19 bits per heavy atom. The summed E-state index contributed by atoms with van der Waals surface area (Å²) < 4.78 is 5.69. The van der Waals surface area contributed by atoms with Crippen molar-refractivity contribution >= 4 is 0 Å². The van der Waals surface area contributed by atoms with Crippen molar-refractivity contribution in [3.05, 3.63) is 35.4 Å². The minimum Gasteiger partial charge on any atom is -0.377 e. The molecule has 2 atom stereocenters. The van der Waals surface area contributed by atoms with Gasteiger partial charge in [0.2, 0.25) is 0 Å². The molecule has 1 aliphatic carbocycles. The van der Waals surface area contributed by atoms with Gasteiger partial charge in [0, 0.05) is 32.8 Å². The van der Waals surface area contributed by atoms with Gasteiger partial charge in [0.05, 0.1) is 6.10 Å². The molecular formula is C18H28N2O. The first-order valence-electron chi connectivity index (χ1n) is 8.41. The molecule has 1 N–H and O–H groups in total. The molecule has 2 unspecified atom stereocenters. The molecular weight excluding hydrogens is 260 g/mol. The van der Waals surface area contributed by atoms with Crippen LogP contribution in [0.4, 0.5) is 0 Å². The number of fused-ring (bicyclic) bond motifs is 1. The summed E-state index contributed by atoms with van der Waals surface area (Å²) in [4.78, 5) is 2.39. The lowest BCUT2D eigenvalue weighted by Crippen LogP contribution is -2.35. The van der Waals surface area contributed by atoms with Crippen LogP contribution in [0.1, 0.15) is 36.3 Å². The van der Waals surface area contributed by atoms with Crippen molar-refractivity contribution in [1.29, 1.82) is 0 Å². The normalized spacial score (nSPS) is 24.7. The van der Waals surface area contributed by atoms with Crippen molar-refractivity contribution in [3.63, 3.8) is 0 Å². The molecule has 0 radical (unpaired) electrons. The number of nitrogens with one attached hydrogen (secondary N) is 1. The molecule has 1 aromatic rings. The lowest BCUT2D eigenvalue weighted by atomic mass is 10.0. The van der Waals surface area contributed by atoms with Gasteiger partial charge in [0.25, 0.3) is 0 Å². The van der Waals surface area contributed by atoms with Crippen molar-refractivity contribution < 1.29 is 4.74 Å². The average Bonchev–Trinajstić information content (AvgIpc) is 3.13. The zero-order chi connectivity index (χ0) is 14.5. The van der Waals surface area contributed by atoms with Gasteiger partial charge in [0.15, 0.2) is 0 Å². The summed E-state index contributed by atoms with van der Waals surface area (Å²) in [6.07, 6.45) is 5.49. The fourth-order valence-corrected chi connectivity index (χ4v) is 3.63. The molecule has 3 heteroatoms. The highest BCUT2D eigenvalue weighted by Crippen LogP contribution is 2.31. The number of hydrogen-bond donors (Lipinski definition) is 1. The zero-order valence-corrected chi connectivity index (χ0v) is 13.2. The van der Waals surface area contributed by atoms with Gasteiger partial charge in [0.1, 0.15) is 0 Å². The van der Waals surface area contributed by atoms with Crippen LogP contribution in [0.15, 0.2) is 24.3 Å². The van der Waals surface area contributed by atoms with Gasteiger partial charge in [-0.15, -0.1) is 0 Å². The summed E-state index contributed by atoms with van der Waals surface area (Å²) in [7, 11) is 2.20. The molecule has 116 valence electrons. The Balaban J connectivity index is 1.33. The van der Waals surface area contributed by atoms with Crippen LogP contribution in [0.5, 0.6) is 0 Å². The monoisotopic (exact) mass is 288 g/mol. The molecule has 1 heterocycles. The van der Waals surface area contributed by atoms with E-state index in [9.17, 15) is 0 Å². The summed E-state index contributed by atoms with van der Waals surface area (Å²) in [5.41, 5.74) is 3.12. The Bertz CT molecular complexity index is 443. The average molecular weight is 288 g/mol. The summed E-state index contributed by atoms with van der Waals surface area (Å²) >= 11 is 0. The molecule has 21 heavy (non-hydrogen) atoms. The molecule has 2 aliphatic rings. The highest BCUT2D eigenvalue weighted by molar-refractivity contribution is 5.34. The summed E-state index contributed by atoms with van der Waals surface area (Å²) in [5.74, 6) is 0.713. The molecule has 0 aromatic heterocycles. The van der Waals surface area contributed by atoms with Crippen LogP contribution in [0, 0.1) is 0 Å². The van der Waals surface area contributed by atoms with Crippen LogP contribution in [0.25, 0.3) is 0 Å². The summed E-state index contributed by atoms with van der Waals surface area (Å²) in [6.45, 7) is 5.33. The topological polar surface area (TPSA) is 24.5 Å². The first kappa shape index (κ1) is 15.0. The Kier molecular flexibility index (Phi) is 5.28. The zero-order valence-electron chi connectivity index (χ0n) is 13.2. The number of likely N-dealkylation sites (N-methyl/N-ethyl adjacent to an activating group) is 1. The predicted octanol–water partition coefficient (Wildman–Crippen LogP) is 2.42. The number of rotatable bonds is 7. The van der Waals surface area contributed by atoms with Gasteiger partial charge in [-0.25, -0.2) is 0 Å². The van der Waals surface area contributed by atoms with Crippen molar-refractivity contribution in [2.45, 2.75) is 37.7 Å². The van der Waals surface area contributed by atoms with Crippen LogP contribution in [0.3, 0.4) is 0 Å². The second-order valence-electron chi connectivity index (χ2n) is 6.54. The minimum absolute atomic E-state index is 0.469. The van der Waals surface area contributed by atoms with Crippen molar-refractivity contribution in [2.24, 2.45) is 0 Å². The van der Waals surface area contributed by atoms with E-state index in [-0.39, 0.29) is 0 Å². The maximum atomic E-state index is 5.69. The van der Waals surface area contributed by atoms with E-state index in [4.69, 9.17) is 4.74 Å². The number of benzene rings is 1. The third-order valence-corrected chi connectivity index (χ3v) is 4.86. The smallest absolute Gasteiger partial charge is 0.0702 e. The van der Waals surface area contributed by atoms with Crippen LogP contribution in [-0.2, 0) is 11.2 Å². The molecule has 0 saturated carbocycles. The SMILES string of the molecule is CN(CCNCC1CCc2ccccc21)CC1CCCO1. The number of ether oxygens (including phenoxy) is 1. The first-order chi connectivity index (χ1) is 10.3. The summed E-state index contributed by atoms with van der Waals surface area (Å²) in [5, 5.41) is 3.64. The minimum atomic E-state index is 0.469. The molecule has 1 fully saturated rings. The van der Waals surface area contributed by atoms with Gasteiger partial charge in [-0.3, -0.25) is 0 Å². The quantitative estimate of drug-likeness (QED) is 0.780. The maximum Gasteiger partial charge on any atom is 0.0702 e. The molecule has 1 aromatic carbocycles. The van der Waals surface area contributed by atoms with E-state index >= 15 is 0 Å². The van der Waals surface area contributed by atoms with E-state index in [0.717, 1.165) is 32.8 Å². The third-order valence-electron chi connectivity index (χ3n) is 4.86. The lowest BCUT2D eigenvalue weighted by Gasteiger charge is -2.21. The Morgan fingerprint density at radius 3 is 3.05 bits per heavy atom. The largest absolute Gasteiger partial charge is 0.377 e. The van der Waals surface area contributed by atoms with Gasteiger partial charge >= 0.3 is 0 Å². The Hall–Kier alpha value is -0.900. The van der Waals surface area contributed by atoms with E-state index in [2.05, 4.69) is 41.5 Å². The molecule has 0 bridgehead atoms. The second-order valence-corrected chi connectivity index (χ2v) is 6.54. The van der Waals surface area contributed by atoms with E-state index in [1.807, 2.05) is 0 Å². The maximum absolute atomic E-state index is 5.69. The van der Waals surface area contributed by atoms with E-state index in [1.54, 1.807) is 11.1 Å². The molecule has 3 rings (SSSR count). The second kappa shape index (κ2) is 7.39. The predicted molar refractivity (Wildman–Crippen MR) is 86.8 cm³/mol. The lowest BCUT2D eigenvalue weighted by molar-refractivity contribution is 0.0815. The van der Waals surface area contributed by atoms with Crippen LogP contribution < -0.4 is 5.32 Å². The molecule has 3 nitrogen and oxygen atoms in total. The number of nitrogens with zero attached hydrogens (tertiary/aromatic N) is 1. The van der Waals surface area contributed by atoms with E-state index in [0.29, 0.717) is 12.0 Å². The molecule has 1 aliphatic heterocycles.